The molecule has 0 radical (unpaired) electrons. The summed E-state index contributed by atoms with van der Waals surface area (Å²) < 4.78 is 5.70. The fourth-order valence-electron chi connectivity index (χ4n) is 3.26. The zero-order valence-corrected chi connectivity index (χ0v) is 12.8. The fraction of sp³-hybridized carbons (Fsp3) is 0.857. The molecular weight excluding hydrogens is 276 g/mol. The lowest BCUT2D eigenvalue weighted by Crippen LogP contribution is -2.58. The smallest absolute Gasteiger partial charge is 0.320 e. The third-order valence-electron chi connectivity index (χ3n) is 4.27. The van der Waals surface area contributed by atoms with Crippen molar-refractivity contribution in [2.24, 2.45) is 5.92 Å². The van der Waals surface area contributed by atoms with E-state index in [1.165, 1.54) is 0 Å². The van der Waals surface area contributed by atoms with Crippen LogP contribution in [0.25, 0.3) is 0 Å². The minimum atomic E-state index is -0.853. The van der Waals surface area contributed by atoms with Gasteiger partial charge in [0.25, 0.3) is 0 Å². The van der Waals surface area contributed by atoms with Crippen molar-refractivity contribution in [2.45, 2.75) is 44.9 Å². The van der Waals surface area contributed by atoms with Crippen LogP contribution in [0.1, 0.15) is 27.2 Å². The molecule has 0 aromatic rings. The van der Waals surface area contributed by atoms with Crippen LogP contribution in [0, 0.1) is 5.92 Å². The minimum absolute atomic E-state index is 0.138. The van der Waals surface area contributed by atoms with Crippen molar-refractivity contribution in [3.05, 3.63) is 0 Å². The van der Waals surface area contributed by atoms with Gasteiger partial charge in [0.2, 0.25) is 0 Å². The molecule has 2 aliphatic heterocycles. The zero-order valence-electron chi connectivity index (χ0n) is 12.8. The highest BCUT2D eigenvalue weighted by atomic mass is 16.5. The molecule has 3 atom stereocenters. The summed E-state index contributed by atoms with van der Waals surface area (Å²) in [6.07, 6.45) is 0.0882. The number of morpholine rings is 1. The van der Waals surface area contributed by atoms with Crippen LogP contribution in [0.3, 0.4) is 0 Å². The van der Waals surface area contributed by atoms with Gasteiger partial charge in [0.15, 0.2) is 0 Å². The third-order valence-corrected chi connectivity index (χ3v) is 4.27. The second-order valence-corrected chi connectivity index (χ2v) is 6.51. The summed E-state index contributed by atoms with van der Waals surface area (Å²) in [5.41, 5.74) is -0.517. The molecule has 7 nitrogen and oxygen atoms in total. The fourth-order valence-corrected chi connectivity index (χ4v) is 3.26. The molecule has 2 N–H and O–H groups in total. The molecule has 0 saturated carbocycles. The van der Waals surface area contributed by atoms with Crippen LogP contribution < -0.4 is 0 Å². The number of carboxylic acid groups (broad SMARTS) is 1. The molecule has 21 heavy (non-hydrogen) atoms. The number of amides is 2. The Hall–Kier alpha value is -1.34. The summed E-state index contributed by atoms with van der Waals surface area (Å²) in [7, 11) is 0. The van der Waals surface area contributed by atoms with Gasteiger partial charge in [-0.1, -0.05) is 0 Å². The average molecular weight is 300 g/mol. The number of urea groups is 1. The maximum atomic E-state index is 12.6. The van der Waals surface area contributed by atoms with Gasteiger partial charge in [-0.05, 0) is 27.2 Å². The first kappa shape index (κ1) is 16.0. The Morgan fingerprint density at radius 1 is 1.38 bits per heavy atom. The molecule has 2 aliphatic rings. The predicted octanol–water partition coefficient (Wildman–Crippen LogP) is 0.373. The number of ether oxygens (including phenoxy) is 1. The number of carbonyl (C=O) groups is 2. The van der Waals surface area contributed by atoms with E-state index in [1.54, 1.807) is 16.7 Å². The van der Waals surface area contributed by atoms with E-state index < -0.39 is 23.6 Å². The van der Waals surface area contributed by atoms with Gasteiger partial charge in [-0.3, -0.25) is 4.79 Å². The van der Waals surface area contributed by atoms with Gasteiger partial charge in [-0.25, -0.2) is 4.79 Å². The molecule has 120 valence electrons. The standard InChI is InChI=1S/C14H24N2O5/c1-9-11(12(18)19)4-5-16(9)13(20)15-6-10(7-17)21-14(2,3)8-15/h9-11,17H,4-8H2,1-3H3,(H,18,19). The minimum Gasteiger partial charge on any atom is -0.481 e. The van der Waals surface area contributed by atoms with Gasteiger partial charge in [-0.2, -0.15) is 0 Å². The maximum absolute atomic E-state index is 12.6. The van der Waals surface area contributed by atoms with Crippen LogP contribution in [0.5, 0.6) is 0 Å². The molecule has 2 rings (SSSR count). The van der Waals surface area contributed by atoms with Crippen LogP contribution in [0.4, 0.5) is 4.79 Å². The number of likely N-dealkylation sites (tertiary alicyclic amines) is 1. The van der Waals surface area contributed by atoms with Crippen LogP contribution in [0.2, 0.25) is 0 Å². The van der Waals surface area contributed by atoms with E-state index in [4.69, 9.17) is 9.84 Å². The number of carboxylic acids is 1. The average Bonchev–Trinajstić information content (AvgIpc) is 2.77. The second-order valence-electron chi connectivity index (χ2n) is 6.51. The number of aliphatic hydroxyl groups excluding tert-OH is 1. The van der Waals surface area contributed by atoms with E-state index >= 15 is 0 Å². The highest BCUT2D eigenvalue weighted by molar-refractivity contribution is 5.78. The Kier molecular flexibility index (Phi) is 4.43. The quantitative estimate of drug-likeness (QED) is 0.769. The molecule has 7 heteroatoms. The van der Waals surface area contributed by atoms with Gasteiger partial charge in [0.05, 0.1) is 37.3 Å². The maximum Gasteiger partial charge on any atom is 0.320 e. The van der Waals surface area contributed by atoms with Crippen LogP contribution >= 0.6 is 0 Å². The number of hydrogen-bond acceptors (Lipinski definition) is 4. The SMILES string of the molecule is CC1C(C(=O)O)CCN1C(=O)N1CC(CO)OC(C)(C)C1. The molecule has 3 unspecified atom stereocenters. The van der Waals surface area contributed by atoms with E-state index in [-0.39, 0.29) is 18.7 Å². The lowest BCUT2D eigenvalue weighted by atomic mass is 10.0. The number of carbonyl (C=O) groups excluding carboxylic acids is 1. The molecule has 0 aliphatic carbocycles. The Labute approximate surface area is 124 Å². The summed E-state index contributed by atoms with van der Waals surface area (Å²) in [5, 5.41) is 18.5. The van der Waals surface area contributed by atoms with Crippen molar-refractivity contribution < 1.29 is 24.5 Å². The van der Waals surface area contributed by atoms with Crippen molar-refractivity contribution >= 4 is 12.0 Å². The molecule has 2 heterocycles. The topological polar surface area (TPSA) is 90.3 Å². The normalized spacial score (nSPS) is 32.3. The molecular formula is C14H24N2O5. The van der Waals surface area contributed by atoms with Crippen LogP contribution in [-0.4, -0.2) is 76.0 Å². The summed E-state index contributed by atoms with van der Waals surface area (Å²) in [4.78, 5) is 27.1. The van der Waals surface area contributed by atoms with Crippen molar-refractivity contribution in [3.63, 3.8) is 0 Å². The summed E-state index contributed by atoms with van der Waals surface area (Å²) in [6.45, 7) is 6.62. The van der Waals surface area contributed by atoms with Gasteiger partial charge in [-0.15, -0.1) is 0 Å². The number of hydrogen-bond donors (Lipinski definition) is 2. The molecule has 0 aromatic heterocycles. The summed E-state index contributed by atoms with van der Waals surface area (Å²) >= 11 is 0. The van der Waals surface area contributed by atoms with Crippen LogP contribution in [-0.2, 0) is 9.53 Å². The first-order valence-corrected chi connectivity index (χ1v) is 7.32. The van der Waals surface area contributed by atoms with E-state index in [0.717, 1.165) is 0 Å². The Morgan fingerprint density at radius 2 is 2.05 bits per heavy atom. The van der Waals surface area contributed by atoms with E-state index in [9.17, 15) is 14.7 Å². The third kappa shape index (κ3) is 3.29. The summed E-state index contributed by atoms with van der Waals surface area (Å²) in [6, 6.07) is -0.477. The number of nitrogens with zero attached hydrogens (tertiary/aromatic N) is 2. The van der Waals surface area contributed by atoms with E-state index in [1.807, 2.05) is 13.8 Å². The predicted molar refractivity (Wildman–Crippen MR) is 74.9 cm³/mol. The monoisotopic (exact) mass is 300 g/mol. The number of aliphatic hydroxyl groups is 1. The first-order valence-electron chi connectivity index (χ1n) is 7.32. The Bertz CT molecular complexity index is 426. The molecule has 0 bridgehead atoms. The lowest BCUT2D eigenvalue weighted by molar-refractivity contribution is -0.143. The summed E-state index contributed by atoms with van der Waals surface area (Å²) in [5.74, 6) is -1.36. The van der Waals surface area contributed by atoms with Crippen molar-refractivity contribution in [3.8, 4) is 0 Å². The van der Waals surface area contributed by atoms with E-state index in [2.05, 4.69) is 0 Å². The van der Waals surface area contributed by atoms with Gasteiger partial charge in [0.1, 0.15) is 0 Å². The van der Waals surface area contributed by atoms with Crippen molar-refractivity contribution in [1.29, 1.82) is 0 Å². The first-order chi connectivity index (χ1) is 9.75. The zero-order chi connectivity index (χ0) is 15.8. The highest BCUT2D eigenvalue weighted by Gasteiger charge is 2.42. The molecule has 0 spiro atoms. The number of aliphatic carboxylic acids is 1. The largest absolute Gasteiger partial charge is 0.481 e. The molecule has 0 aromatic carbocycles. The highest BCUT2D eigenvalue weighted by Crippen LogP contribution is 2.28. The van der Waals surface area contributed by atoms with Crippen molar-refractivity contribution in [1.82, 2.24) is 9.80 Å². The Morgan fingerprint density at radius 3 is 2.57 bits per heavy atom. The second kappa shape index (κ2) is 5.81. The van der Waals surface area contributed by atoms with Gasteiger partial charge in [0, 0.05) is 12.6 Å². The van der Waals surface area contributed by atoms with E-state index in [0.29, 0.717) is 26.1 Å². The van der Waals surface area contributed by atoms with Crippen molar-refractivity contribution in [2.75, 3.05) is 26.2 Å². The van der Waals surface area contributed by atoms with Gasteiger partial charge >= 0.3 is 12.0 Å². The Balaban J connectivity index is 2.07. The van der Waals surface area contributed by atoms with Gasteiger partial charge < -0.3 is 24.7 Å². The number of rotatable bonds is 2. The molecule has 2 amide bonds. The lowest BCUT2D eigenvalue weighted by Gasteiger charge is -2.44. The molecule has 2 fully saturated rings. The van der Waals surface area contributed by atoms with Crippen LogP contribution in [0.15, 0.2) is 0 Å². The molecule has 2 saturated heterocycles.